The van der Waals surface area contributed by atoms with Crippen molar-refractivity contribution in [2.75, 3.05) is 12.3 Å². The van der Waals surface area contributed by atoms with Gasteiger partial charge in [0.1, 0.15) is 5.84 Å². The summed E-state index contributed by atoms with van der Waals surface area (Å²) in [7, 11) is 0. The number of thioether (sulfide) groups is 1. The normalized spacial score (nSPS) is 15.1. The van der Waals surface area contributed by atoms with E-state index >= 15 is 0 Å². The standard InChI is InChI=1S/C14H21N3O2S2/c1-9(2)17(5-3-13(15)16-19)14(18)12-7-10-8-20-6-4-11(10)21-12/h7,9,19H,3-6,8H2,1-2H3,(H2,15,16). The number of nitrogens with zero attached hydrogens (tertiary/aromatic N) is 2. The van der Waals surface area contributed by atoms with E-state index in [1.165, 1.54) is 10.4 Å². The molecule has 0 unspecified atom stereocenters. The molecule has 21 heavy (non-hydrogen) atoms. The zero-order valence-electron chi connectivity index (χ0n) is 12.3. The summed E-state index contributed by atoms with van der Waals surface area (Å²) < 4.78 is 0. The molecule has 0 saturated heterocycles. The van der Waals surface area contributed by atoms with Crippen molar-refractivity contribution in [1.29, 1.82) is 0 Å². The molecule has 3 N–H and O–H groups in total. The first-order chi connectivity index (χ1) is 10.0. The molecule has 0 aliphatic carbocycles. The molecule has 1 aromatic heterocycles. The quantitative estimate of drug-likeness (QED) is 0.377. The zero-order chi connectivity index (χ0) is 15.4. The Kier molecular flexibility index (Phi) is 5.52. The van der Waals surface area contributed by atoms with Gasteiger partial charge >= 0.3 is 0 Å². The van der Waals surface area contributed by atoms with E-state index in [2.05, 4.69) is 5.16 Å². The smallest absolute Gasteiger partial charge is 0.264 e. The molecule has 116 valence electrons. The molecule has 2 heterocycles. The van der Waals surface area contributed by atoms with Crippen LogP contribution in [0.2, 0.25) is 0 Å². The molecule has 7 heteroatoms. The highest BCUT2D eigenvalue weighted by atomic mass is 32.2. The van der Waals surface area contributed by atoms with Crippen molar-refractivity contribution in [2.24, 2.45) is 10.9 Å². The Balaban J connectivity index is 2.12. The number of aryl methyl sites for hydroxylation is 1. The second kappa shape index (κ2) is 7.17. The van der Waals surface area contributed by atoms with Crippen LogP contribution in [0.4, 0.5) is 0 Å². The zero-order valence-corrected chi connectivity index (χ0v) is 14.0. The lowest BCUT2D eigenvalue weighted by atomic mass is 10.2. The summed E-state index contributed by atoms with van der Waals surface area (Å²) in [6.07, 6.45) is 1.44. The van der Waals surface area contributed by atoms with Gasteiger partial charge in [0.15, 0.2) is 0 Å². The number of thiophene rings is 1. The Morgan fingerprint density at radius 1 is 1.57 bits per heavy atom. The van der Waals surface area contributed by atoms with Crippen LogP contribution in [0.1, 0.15) is 40.4 Å². The first-order valence-corrected chi connectivity index (χ1v) is 8.96. The number of carbonyl (C=O) groups excluding carboxylic acids is 1. The van der Waals surface area contributed by atoms with Gasteiger partial charge in [0.05, 0.1) is 4.88 Å². The molecule has 0 atom stereocenters. The third-order valence-electron chi connectivity index (χ3n) is 3.46. The van der Waals surface area contributed by atoms with Crippen molar-refractivity contribution in [1.82, 2.24) is 4.90 Å². The summed E-state index contributed by atoms with van der Waals surface area (Å²) in [6, 6.07) is 2.12. The molecule has 1 amide bonds. The molecule has 0 saturated carbocycles. The predicted octanol–water partition coefficient (Wildman–Crippen LogP) is 2.52. The molecule has 1 aromatic rings. The number of carbonyl (C=O) groups is 1. The first kappa shape index (κ1) is 16.2. The fourth-order valence-electron chi connectivity index (χ4n) is 2.27. The number of rotatable bonds is 5. The van der Waals surface area contributed by atoms with Gasteiger partial charge in [-0.05, 0) is 37.7 Å². The van der Waals surface area contributed by atoms with Gasteiger partial charge in [-0.3, -0.25) is 4.79 Å². The van der Waals surface area contributed by atoms with Crippen LogP contribution in [0, 0.1) is 0 Å². The molecular formula is C14H21N3O2S2. The minimum Gasteiger partial charge on any atom is -0.409 e. The van der Waals surface area contributed by atoms with Crippen molar-refractivity contribution in [2.45, 2.75) is 38.5 Å². The third-order valence-corrected chi connectivity index (χ3v) is 5.69. The molecule has 0 aromatic carbocycles. The summed E-state index contributed by atoms with van der Waals surface area (Å²) in [5.41, 5.74) is 6.81. The molecule has 1 aliphatic rings. The Bertz CT molecular complexity index is 517. The second-order valence-corrected chi connectivity index (χ2v) is 7.54. The minimum atomic E-state index is 0.0418. The van der Waals surface area contributed by atoms with E-state index in [-0.39, 0.29) is 17.8 Å². The lowest BCUT2D eigenvalue weighted by Crippen LogP contribution is -2.38. The van der Waals surface area contributed by atoms with Crippen LogP contribution in [0.3, 0.4) is 0 Å². The van der Waals surface area contributed by atoms with E-state index in [0.717, 1.165) is 22.8 Å². The highest BCUT2D eigenvalue weighted by molar-refractivity contribution is 7.98. The van der Waals surface area contributed by atoms with Crippen LogP contribution in [-0.2, 0) is 12.2 Å². The molecule has 0 fully saturated rings. The number of oxime groups is 1. The van der Waals surface area contributed by atoms with Crippen molar-refractivity contribution in [3.05, 3.63) is 21.4 Å². The van der Waals surface area contributed by atoms with E-state index in [9.17, 15) is 4.79 Å². The molecule has 0 bridgehead atoms. The summed E-state index contributed by atoms with van der Waals surface area (Å²) in [4.78, 5) is 16.6. The van der Waals surface area contributed by atoms with E-state index < -0.39 is 0 Å². The summed E-state index contributed by atoms with van der Waals surface area (Å²) in [5.74, 6) is 2.33. The average molecular weight is 327 g/mol. The topological polar surface area (TPSA) is 78.9 Å². The van der Waals surface area contributed by atoms with Crippen molar-refractivity contribution < 1.29 is 10.0 Å². The van der Waals surface area contributed by atoms with Gasteiger partial charge in [0.25, 0.3) is 5.91 Å². The Morgan fingerprint density at radius 2 is 2.33 bits per heavy atom. The molecule has 1 aliphatic heterocycles. The van der Waals surface area contributed by atoms with Gasteiger partial charge in [-0.15, -0.1) is 11.3 Å². The lowest BCUT2D eigenvalue weighted by Gasteiger charge is -2.26. The number of hydrogen-bond acceptors (Lipinski definition) is 5. The Hall–Kier alpha value is -1.21. The monoisotopic (exact) mass is 327 g/mol. The maximum Gasteiger partial charge on any atom is 0.264 e. The first-order valence-electron chi connectivity index (χ1n) is 6.99. The van der Waals surface area contributed by atoms with Gasteiger partial charge in [0.2, 0.25) is 0 Å². The van der Waals surface area contributed by atoms with E-state index in [4.69, 9.17) is 10.9 Å². The SMILES string of the molecule is CC(C)N(CCC(N)=NO)C(=O)c1cc2c(s1)CCSC2. The van der Waals surface area contributed by atoms with E-state index in [0.29, 0.717) is 13.0 Å². The van der Waals surface area contributed by atoms with Gasteiger partial charge < -0.3 is 15.8 Å². The number of fused-ring (bicyclic) bond motifs is 1. The fraction of sp³-hybridized carbons (Fsp3) is 0.571. The molecular weight excluding hydrogens is 306 g/mol. The van der Waals surface area contributed by atoms with Crippen molar-refractivity contribution in [3.8, 4) is 0 Å². The van der Waals surface area contributed by atoms with Gasteiger partial charge in [-0.1, -0.05) is 5.16 Å². The number of nitrogens with two attached hydrogens (primary N) is 1. The molecule has 2 rings (SSSR count). The van der Waals surface area contributed by atoms with E-state index in [1.807, 2.05) is 31.7 Å². The number of amidine groups is 1. The maximum absolute atomic E-state index is 12.7. The predicted molar refractivity (Wildman–Crippen MR) is 88.4 cm³/mol. The van der Waals surface area contributed by atoms with Crippen molar-refractivity contribution in [3.63, 3.8) is 0 Å². The fourth-order valence-corrected chi connectivity index (χ4v) is 4.60. The number of hydrogen-bond donors (Lipinski definition) is 2. The van der Waals surface area contributed by atoms with Crippen LogP contribution in [0.5, 0.6) is 0 Å². The molecule has 5 nitrogen and oxygen atoms in total. The van der Waals surface area contributed by atoms with Crippen LogP contribution in [-0.4, -0.2) is 40.2 Å². The summed E-state index contributed by atoms with van der Waals surface area (Å²) >= 11 is 3.53. The van der Waals surface area contributed by atoms with E-state index in [1.54, 1.807) is 16.2 Å². The molecule has 0 spiro atoms. The van der Waals surface area contributed by atoms with Crippen LogP contribution in [0.25, 0.3) is 0 Å². The highest BCUT2D eigenvalue weighted by Gasteiger charge is 2.23. The Morgan fingerprint density at radius 3 is 2.95 bits per heavy atom. The summed E-state index contributed by atoms with van der Waals surface area (Å²) in [6.45, 7) is 4.42. The van der Waals surface area contributed by atoms with Crippen molar-refractivity contribution >= 4 is 34.8 Å². The largest absolute Gasteiger partial charge is 0.409 e. The lowest BCUT2D eigenvalue weighted by molar-refractivity contribution is 0.0716. The average Bonchev–Trinajstić information content (AvgIpc) is 2.90. The van der Waals surface area contributed by atoms with Crippen LogP contribution < -0.4 is 5.73 Å². The van der Waals surface area contributed by atoms with Gasteiger partial charge in [-0.25, -0.2) is 0 Å². The highest BCUT2D eigenvalue weighted by Crippen LogP contribution is 2.32. The maximum atomic E-state index is 12.7. The second-order valence-electron chi connectivity index (χ2n) is 5.30. The van der Waals surface area contributed by atoms with Crippen LogP contribution in [0.15, 0.2) is 11.2 Å². The van der Waals surface area contributed by atoms with Gasteiger partial charge in [0, 0.05) is 29.6 Å². The summed E-state index contributed by atoms with van der Waals surface area (Å²) in [5, 5.41) is 11.6. The third kappa shape index (κ3) is 3.91. The number of amides is 1. The minimum absolute atomic E-state index is 0.0418. The van der Waals surface area contributed by atoms with Crippen LogP contribution >= 0.6 is 23.1 Å². The van der Waals surface area contributed by atoms with Gasteiger partial charge in [-0.2, -0.15) is 11.8 Å². The molecule has 0 radical (unpaired) electrons. The Labute approximate surface area is 133 Å².